The Balaban J connectivity index is 1.79. The second-order valence-electron chi connectivity index (χ2n) is 8.34. The zero-order valence-electron chi connectivity index (χ0n) is 13.7. The smallest absolute Gasteiger partial charge is 0.0579 e. The van der Waals surface area contributed by atoms with Crippen molar-refractivity contribution in [3.63, 3.8) is 0 Å². The second-order valence-corrected chi connectivity index (χ2v) is 8.34. The minimum Gasteiger partial charge on any atom is -0.393 e. The molecule has 3 unspecified atom stereocenters. The van der Waals surface area contributed by atoms with Gasteiger partial charge in [0.1, 0.15) is 0 Å². The minimum atomic E-state index is -0.0938. The molecule has 0 heterocycles. The molecule has 0 aliphatic heterocycles. The van der Waals surface area contributed by atoms with Crippen LogP contribution in [-0.4, -0.2) is 23.9 Å². The maximum Gasteiger partial charge on any atom is 0.0579 e. The molecule has 3 fully saturated rings. The van der Waals surface area contributed by atoms with Crippen molar-refractivity contribution in [1.29, 1.82) is 0 Å². The predicted molar refractivity (Wildman–Crippen MR) is 81.5 cm³/mol. The molecule has 3 rings (SSSR count). The first-order chi connectivity index (χ1) is 9.40. The van der Waals surface area contributed by atoms with Crippen LogP contribution < -0.4 is 0 Å². The van der Waals surface area contributed by atoms with Gasteiger partial charge in [0, 0.05) is 6.61 Å². The van der Waals surface area contributed by atoms with Gasteiger partial charge < -0.3 is 9.84 Å². The monoisotopic (exact) mass is 280 g/mol. The molecule has 2 heteroatoms. The van der Waals surface area contributed by atoms with E-state index in [2.05, 4.69) is 27.7 Å². The van der Waals surface area contributed by atoms with E-state index in [1.54, 1.807) is 0 Å². The highest BCUT2D eigenvalue weighted by Gasteiger charge is 2.63. The topological polar surface area (TPSA) is 29.5 Å². The molecule has 0 spiro atoms. The Morgan fingerprint density at radius 1 is 1.10 bits per heavy atom. The zero-order valence-corrected chi connectivity index (χ0v) is 13.7. The summed E-state index contributed by atoms with van der Waals surface area (Å²) in [5, 5.41) is 10.6. The van der Waals surface area contributed by atoms with Crippen LogP contribution in [0.5, 0.6) is 0 Å². The van der Waals surface area contributed by atoms with Crippen LogP contribution in [0.15, 0.2) is 0 Å². The van der Waals surface area contributed by atoms with Gasteiger partial charge in [-0.25, -0.2) is 0 Å². The van der Waals surface area contributed by atoms with E-state index in [1.807, 2.05) is 0 Å². The summed E-state index contributed by atoms with van der Waals surface area (Å²) >= 11 is 0. The van der Waals surface area contributed by atoms with Gasteiger partial charge in [0.05, 0.1) is 12.2 Å². The molecule has 20 heavy (non-hydrogen) atoms. The average molecular weight is 280 g/mol. The van der Waals surface area contributed by atoms with Gasteiger partial charge in [0.2, 0.25) is 0 Å². The summed E-state index contributed by atoms with van der Waals surface area (Å²) in [5.41, 5.74) is 0.882. The average Bonchev–Trinajstić information content (AvgIpc) is 2.74. The summed E-state index contributed by atoms with van der Waals surface area (Å²) < 4.78 is 5.87. The number of aliphatic hydroxyl groups excluding tert-OH is 1. The molecule has 0 aromatic carbocycles. The van der Waals surface area contributed by atoms with Crippen molar-refractivity contribution in [1.82, 2.24) is 0 Å². The molecule has 0 aromatic heterocycles. The summed E-state index contributed by atoms with van der Waals surface area (Å²) in [6, 6.07) is 0. The molecule has 0 amide bonds. The van der Waals surface area contributed by atoms with Crippen molar-refractivity contribution in [2.75, 3.05) is 6.61 Å². The summed E-state index contributed by atoms with van der Waals surface area (Å²) in [7, 11) is 0. The third-order valence-corrected chi connectivity index (χ3v) is 7.59. The molecule has 2 nitrogen and oxygen atoms in total. The van der Waals surface area contributed by atoms with Gasteiger partial charge >= 0.3 is 0 Å². The molecule has 2 bridgehead atoms. The Hall–Kier alpha value is -0.0800. The SMILES string of the molecule is CCOC1CCC(O)C([C@@H]2C[C@H]3CC[C@]2(C)C3(C)C)C1. The number of hydrogen-bond donors (Lipinski definition) is 1. The van der Waals surface area contributed by atoms with E-state index in [0.29, 0.717) is 28.8 Å². The Bertz CT molecular complexity index is 364. The Kier molecular flexibility index (Phi) is 3.70. The molecular weight excluding hydrogens is 248 g/mol. The summed E-state index contributed by atoms with van der Waals surface area (Å²) in [5.74, 6) is 2.04. The van der Waals surface area contributed by atoms with E-state index in [-0.39, 0.29) is 6.10 Å². The van der Waals surface area contributed by atoms with Gasteiger partial charge in [0.15, 0.2) is 0 Å². The van der Waals surface area contributed by atoms with Crippen LogP contribution in [0.25, 0.3) is 0 Å². The lowest BCUT2D eigenvalue weighted by Gasteiger charge is -2.46. The maximum atomic E-state index is 10.6. The second kappa shape index (κ2) is 4.98. The lowest BCUT2D eigenvalue weighted by atomic mass is 9.60. The van der Waals surface area contributed by atoms with E-state index in [0.717, 1.165) is 31.8 Å². The van der Waals surface area contributed by atoms with E-state index >= 15 is 0 Å². The highest BCUT2D eigenvalue weighted by Crippen LogP contribution is 2.70. The van der Waals surface area contributed by atoms with Gasteiger partial charge in [-0.05, 0) is 74.0 Å². The van der Waals surface area contributed by atoms with Crippen molar-refractivity contribution in [2.24, 2.45) is 28.6 Å². The Morgan fingerprint density at radius 3 is 2.40 bits per heavy atom. The molecule has 116 valence electrons. The van der Waals surface area contributed by atoms with Crippen LogP contribution in [0.2, 0.25) is 0 Å². The molecular formula is C18H32O2. The zero-order chi connectivity index (χ0) is 14.5. The first-order valence-electron chi connectivity index (χ1n) is 8.69. The van der Waals surface area contributed by atoms with Crippen LogP contribution in [0, 0.1) is 28.6 Å². The number of fused-ring (bicyclic) bond motifs is 2. The number of aliphatic hydroxyl groups is 1. The maximum absolute atomic E-state index is 10.6. The van der Waals surface area contributed by atoms with Crippen LogP contribution in [0.3, 0.4) is 0 Å². The van der Waals surface area contributed by atoms with Gasteiger partial charge in [0.25, 0.3) is 0 Å². The Morgan fingerprint density at radius 2 is 1.85 bits per heavy atom. The molecule has 3 aliphatic carbocycles. The van der Waals surface area contributed by atoms with Crippen LogP contribution >= 0.6 is 0 Å². The highest BCUT2D eigenvalue weighted by molar-refractivity contribution is 5.12. The summed E-state index contributed by atoms with van der Waals surface area (Å²) in [6.07, 6.45) is 7.45. The number of hydrogen-bond acceptors (Lipinski definition) is 2. The molecule has 1 N–H and O–H groups in total. The standard InChI is InChI=1S/C18H32O2/c1-5-20-13-6-7-16(19)14(11-13)15-10-12-8-9-18(15,4)17(12,2)3/h12-16,19H,5-11H2,1-4H3/t12-,13?,14?,15+,16?,18+/m1/s1. The van der Waals surface area contributed by atoms with E-state index in [9.17, 15) is 5.11 Å². The van der Waals surface area contributed by atoms with E-state index in [1.165, 1.54) is 19.3 Å². The first-order valence-corrected chi connectivity index (χ1v) is 8.69. The van der Waals surface area contributed by atoms with Crippen molar-refractivity contribution in [3.8, 4) is 0 Å². The van der Waals surface area contributed by atoms with Crippen molar-refractivity contribution >= 4 is 0 Å². The molecule has 0 aromatic rings. The molecule has 3 aliphatic rings. The van der Waals surface area contributed by atoms with Crippen molar-refractivity contribution in [3.05, 3.63) is 0 Å². The third-order valence-electron chi connectivity index (χ3n) is 7.59. The van der Waals surface area contributed by atoms with Crippen molar-refractivity contribution in [2.45, 2.75) is 78.4 Å². The first kappa shape index (κ1) is 14.8. The van der Waals surface area contributed by atoms with Crippen LogP contribution in [-0.2, 0) is 4.74 Å². The van der Waals surface area contributed by atoms with E-state index < -0.39 is 0 Å². The largest absolute Gasteiger partial charge is 0.393 e. The van der Waals surface area contributed by atoms with Crippen LogP contribution in [0.1, 0.15) is 66.2 Å². The third kappa shape index (κ3) is 1.98. The summed E-state index contributed by atoms with van der Waals surface area (Å²) in [6.45, 7) is 10.3. The summed E-state index contributed by atoms with van der Waals surface area (Å²) in [4.78, 5) is 0. The fourth-order valence-electron chi connectivity index (χ4n) is 5.88. The predicted octanol–water partition coefficient (Wildman–Crippen LogP) is 4.01. The lowest BCUT2D eigenvalue weighted by molar-refractivity contribution is -0.0727. The van der Waals surface area contributed by atoms with Gasteiger partial charge in [-0.2, -0.15) is 0 Å². The number of ether oxygens (including phenoxy) is 1. The van der Waals surface area contributed by atoms with E-state index in [4.69, 9.17) is 4.74 Å². The molecule has 3 saturated carbocycles. The fraction of sp³-hybridized carbons (Fsp3) is 1.00. The normalized spacial score (nSPS) is 50.5. The molecule has 0 radical (unpaired) electrons. The minimum absolute atomic E-state index is 0.0938. The van der Waals surface area contributed by atoms with Crippen LogP contribution in [0.4, 0.5) is 0 Å². The number of rotatable bonds is 3. The highest BCUT2D eigenvalue weighted by atomic mass is 16.5. The lowest BCUT2D eigenvalue weighted by Crippen LogP contribution is -2.44. The van der Waals surface area contributed by atoms with Gasteiger partial charge in [-0.3, -0.25) is 0 Å². The molecule has 0 saturated heterocycles. The molecule has 6 atom stereocenters. The van der Waals surface area contributed by atoms with Gasteiger partial charge in [-0.15, -0.1) is 0 Å². The van der Waals surface area contributed by atoms with Gasteiger partial charge in [-0.1, -0.05) is 20.8 Å². The fourth-order valence-corrected chi connectivity index (χ4v) is 5.88. The quantitative estimate of drug-likeness (QED) is 0.846. The Labute approximate surface area is 124 Å². The van der Waals surface area contributed by atoms with Crippen molar-refractivity contribution < 1.29 is 9.84 Å².